The standard InChI is InChI=1S/C17H27N5/c1-4-14-15(11-18)17(21-20-16(14)5-2)22-9-7-13(8-10-22)12-19-6-3/h13,19H,4-10,12H2,1-3H3. The summed E-state index contributed by atoms with van der Waals surface area (Å²) in [6.45, 7) is 10.4. The molecule has 1 aliphatic heterocycles. The maximum Gasteiger partial charge on any atom is 0.169 e. The summed E-state index contributed by atoms with van der Waals surface area (Å²) in [7, 11) is 0. The second-order valence-electron chi connectivity index (χ2n) is 5.88. The third-order valence-corrected chi connectivity index (χ3v) is 4.54. The second-order valence-corrected chi connectivity index (χ2v) is 5.88. The summed E-state index contributed by atoms with van der Waals surface area (Å²) in [6, 6.07) is 2.38. The largest absolute Gasteiger partial charge is 0.354 e. The Morgan fingerprint density at radius 3 is 2.45 bits per heavy atom. The van der Waals surface area contributed by atoms with E-state index >= 15 is 0 Å². The fraction of sp³-hybridized carbons (Fsp3) is 0.706. The van der Waals surface area contributed by atoms with E-state index in [-0.39, 0.29) is 0 Å². The topological polar surface area (TPSA) is 64.8 Å². The molecule has 0 aromatic carbocycles. The van der Waals surface area contributed by atoms with Crippen LogP contribution in [0.1, 0.15) is 50.4 Å². The fourth-order valence-electron chi connectivity index (χ4n) is 3.20. The summed E-state index contributed by atoms with van der Waals surface area (Å²) in [5.41, 5.74) is 2.77. The molecule has 0 radical (unpaired) electrons. The van der Waals surface area contributed by atoms with Crippen molar-refractivity contribution in [2.24, 2.45) is 5.92 Å². The molecule has 0 atom stereocenters. The molecule has 2 rings (SSSR count). The van der Waals surface area contributed by atoms with Gasteiger partial charge in [-0.2, -0.15) is 10.4 Å². The molecule has 1 fully saturated rings. The average Bonchev–Trinajstić information content (AvgIpc) is 2.58. The zero-order valence-corrected chi connectivity index (χ0v) is 14.0. The van der Waals surface area contributed by atoms with Crippen LogP contribution in [0.15, 0.2) is 0 Å². The lowest BCUT2D eigenvalue weighted by Gasteiger charge is -2.33. The minimum Gasteiger partial charge on any atom is -0.354 e. The maximum absolute atomic E-state index is 9.59. The maximum atomic E-state index is 9.59. The van der Waals surface area contributed by atoms with E-state index in [4.69, 9.17) is 0 Å². The van der Waals surface area contributed by atoms with Crippen LogP contribution in [0.3, 0.4) is 0 Å². The molecule has 2 heterocycles. The molecule has 0 bridgehead atoms. The number of hydrogen-bond acceptors (Lipinski definition) is 5. The lowest BCUT2D eigenvalue weighted by atomic mass is 9.96. The van der Waals surface area contributed by atoms with Gasteiger partial charge in [-0.25, -0.2) is 0 Å². The Hall–Kier alpha value is -1.67. The van der Waals surface area contributed by atoms with Gasteiger partial charge in [-0.1, -0.05) is 20.8 Å². The van der Waals surface area contributed by atoms with Gasteiger partial charge in [0.15, 0.2) is 5.82 Å². The molecular formula is C17H27N5. The van der Waals surface area contributed by atoms with Gasteiger partial charge in [0.25, 0.3) is 0 Å². The van der Waals surface area contributed by atoms with Crippen LogP contribution >= 0.6 is 0 Å². The average molecular weight is 301 g/mol. The summed E-state index contributed by atoms with van der Waals surface area (Å²) in [4.78, 5) is 2.24. The van der Waals surface area contributed by atoms with E-state index in [1.807, 2.05) is 0 Å². The van der Waals surface area contributed by atoms with Crippen LogP contribution in [0.2, 0.25) is 0 Å². The Kier molecular flexibility index (Phi) is 6.14. The first-order valence-electron chi connectivity index (χ1n) is 8.49. The predicted molar refractivity (Wildman–Crippen MR) is 89.0 cm³/mol. The molecule has 1 N–H and O–H groups in total. The van der Waals surface area contributed by atoms with Crippen molar-refractivity contribution in [2.45, 2.75) is 46.5 Å². The molecule has 5 heteroatoms. The van der Waals surface area contributed by atoms with Crippen LogP contribution in [0, 0.1) is 17.2 Å². The van der Waals surface area contributed by atoms with E-state index < -0.39 is 0 Å². The van der Waals surface area contributed by atoms with Crippen LogP contribution in [-0.4, -0.2) is 36.4 Å². The minimum atomic E-state index is 0.732. The second kappa shape index (κ2) is 8.09. The van der Waals surface area contributed by atoms with Gasteiger partial charge in [-0.15, -0.1) is 5.10 Å². The van der Waals surface area contributed by atoms with Crippen LogP contribution in [0.4, 0.5) is 5.82 Å². The van der Waals surface area contributed by atoms with Crippen molar-refractivity contribution >= 4 is 5.82 Å². The van der Waals surface area contributed by atoms with Crippen molar-refractivity contribution in [3.63, 3.8) is 0 Å². The van der Waals surface area contributed by atoms with E-state index in [0.29, 0.717) is 0 Å². The molecule has 1 aliphatic rings. The van der Waals surface area contributed by atoms with E-state index in [0.717, 1.165) is 80.4 Å². The number of nitriles is 1. The van der Waals surface area contributed by atoms with E-state index in [9.17, 15) is 5.26 Å². The third-order valence-electron chi connectivity index (χ3n) is 4.54. The zero-order chi connectivity index (χ0) is 15.9. The Labute approximate surface area is 133 Å². The van der Waals surface area contributed by atoms with Crippen LogP contribution in [0.5, 0.6) is 0 Å². The highest BCUT2D eigenvalue weighted by molar-refractivity contribution is 5.58. The summed E-state index contributed by atoms with van der Waals surface area (Å²) in [5.74, 6) is 1.52. The van der Waals surface area contributed by atoms with Gasteiger partial charge in [0.05, 0.1) is 5.69 Å². The molecule has 1 aromatic rings. The molecule has 0 saturated carbocycles. The van der Waals surface area contributed by atoms with E-state index in [2.05, 4.69) is 47.3 Å². The smallest absolute Gasteiger partial charge is 0.169 e. The fourth-order valence-corrected chi connectivity index (χ4v) is 3.20. The Balaban J connectivity index is 2.15. The lowest BCUT2D eigenvalue weighted by Crippen LogP contribution is -2.38. The SMILES string of the molecule is CCNCC1CCN(c2nnc(CC)c(CC)c2C#N)CC1. The molecule has 22 heavy (non-hydrogen) atoms. The predicted octanol–water partition coefficient (Wildman–Crippen LogP) is 2.30. The Morgan fingerprint density at radius 1 is 1.18 bits per heavy atom. The van der Waals surface area contributed by atoms with E-state index in [1.54, 1.807) is 0 Å². The van der Waals surface area contributed by atoms with Crippen molar-refractivity contribution in [3.05, 3.63) is 16.8 Å². The van der Waals surface area contributed by atoms with Crippen LogP contribution in [0.25, 0.3) is 0 Å². The van der Waals surface area contributed by atoms with Gasteiger partial charge < -0.3 is 10.2 Å². The summed E-state index contributed by atoms with van der Waals surface area (Å²) in [5, 5.41) is 21.8. The summed E-state index contributed by atoms with van der Waals surface area (Å²) < 4.78 is 0. The van der Waals surface area contributed by atoms with Gasteiger partial charge >= 0.3 is 0 Å². The summed E-state index contributed by atoms with van der Waals surface area (Å²) >= 11 is 0. The number of hydrogen-bond donors (Lipinski definition) is 1. The molecule has 1 aromatic heterocycles. The van der Waals surface area contributed by atoms with Crippen LogP contribution in [-0.2, 0) is 12.8 Å². The van der Waals surface area contributed by atoms with Crippen molar-refractivity contribution in [1.29, 1.82) is 5.26 Å². The van der Waals surface area contributed by atoms with Crippen molar-refractivity contribution in [2.75, 3.05) is 31.1 Å². The Bertz CT molecular complexity index is 527. The molecule has 0 spiro atoms. The van der Waals surface area contributed by atoms with Gasteiger partial charge in [-0.3, -0.25) is 0 Å². The molecule has 0 amide bonds. The van der Waals surface area contributed by atoms with Gasteiger partial charge in [0, 0.05) is 13.1 Å². The number of aryl methyl sites for hydroxylation is 1. The number of piperidine rings is 1. The number of anilines is 1. The van der Waals surface area contributed by atoms with E-state index in [1.165, 1.54) is 0 Å². The minimum absolute atomic E-state index is 0.732. The first-order chi connectivity index (χ1) is 10.7. The number of aromatic nitrogens is 2. The number of nitrogens with zero attached hydrogens (tertiary/aromatic N) is 4. The highest BCUT2D eigenvalue weighted by Gasteiger charge is 2.24. The highest BCUT2D eigenvalue weighted by Crippen LogP contribution is 2.27. The Morgan fingerprint density at radius 2 is 1.91 bits per heavy atom. The van der Waals surface area contributed by atoms with Crippen molar-refractivity contribution < 1.29 is 0 Å². The quantitative estimate of drug-likeness (QED) is 0.873. The zero-order valence-electron chi connectivity index (χ0n) is 14.0. The third kappa shape index (κ3) is 3.56. The molecule has 0 unspecified atom stereocenters. The molecule has 120 valence electrons. The van der Waals surface area contributed by atoms with Gasteiger partial charge in [0.1, 0.15) is 11.6 Å². The normalized spacial score (nSPS) is 15.8. The lowest BCUT2D eigenvalue weighted by molar-refractivity contribution is 0.384. The van der Waals surface area contributed by atoms with Crippen molar-refractivity contribution in [1.82, 2.24) is 15.5 Å². The monoisotopic (exact) mass is 301 g/mol. The first kappa shape index (κ1) is 16.7. The summed E-state index contributed by atoms with van der Waals surface area (Å²) in [6.07, 6.45) is 3.97. The van der Waals surface area contributed by atoms with Gasteiger partial charge in [-0.05, 0) is 50.3 Å². The molecular weight excluding hydrogens is 274 g/mol. The number of nitrogens with one attached hydrogen (secondary N) is 1. The van der Waals surface area contributed by atoms with Crippen molar-refractivity contribution in [3.8, 4) is 6.07 Å². The molecule has 5 nitrogen and oxygen atoms in total. The van der Waals surface area contributed by atoms with Crippen LogP contribution < -0.4 is 10.2 Å². The highest BCUT2D eigenvalue weighted by atomic mass is 15.3. The van der Waals surface area contributed by atoms with Gasteiger partial charge in [0.2, 0.25) is 0 Å². The molecule has 0 aliphatic carbocycles. The number of rotatable bonds is 6. The first-order valence-corrected chi connectivity index (χ1v) is 8.49. The molecule has 1 saturated heterocycles.